The van der Waals surface area contributed by atoms with Crippen molar-refractivity contribution in [1.29, 1.82) is 0 Å². The number of thiocarbonyl (C=S) groups is 1. The largest absolute Gasteiger partial charge is 0.383 e. The summed E-state index contributed by atoms with van der Waals surface area (Å²) >= 11 is 5.32. The highest BCUT2D eigenvalue weighted by atomic mass is 32.1. The molecule has 0 radical (unpaired) electrons. The highest BCUT2D eigenvalue weighted by Crippen LogP contribution is 2.34. The lowest BCUT2D eigenvalue weighted by Crippen LogP contribution is -2.48. The normalized spacial score (nSPS) is 25.1. The van der Waals surface area contributed by atoms with E-state index in [1.807, 2.05) is 0 Å². The summed E-state index contributed by atoms with van der Waals surface area (Å²) in [5, 5.41) is 7.44. The molecule has 2 atom stereocenters. The highest BCUT2D eigenvalue weighted by Gasteiger charge is 2.28. The van der Waals surface area contributed by atoms with Gasteiger partial charge in [0, 0.05) is 19.2 Å². The van der Waals surface area contributed by atoms with Crippen LogP contribution in [0.25, 0.3) is 0 Å². The van der Waals surface area contributed by atoms with Crippen LogP contribution in [0.3, 0.4) is 0 Å². The third-order valence-electron chi connectivity index (χ3n) is 3.33. The molecular formula is C13H26N2OS. The van der Waals surface area contributed by atoms with Crippen molar-refractivity contribution in [3.05, 3.63) is 0 Å². The smallest absolute Gasteiger partial charge is 0.166 e. The van der Waals surface area contributed by atoms with E-state index in [1.54, 1.807) is 7.11 Å². The average molecular weight is 258 g/mol. The van der Waals surface area contributed by atoms with Crippen LogP contribution in [0.5, 0.6) is 0 Å². The molecule has 2 unspecified atom stereocenters. The van der Waals surface area contributed by atoms with E-state index in [0.29, 0.717) is 18.1 Å². The van der Waals surface area contributed by atoms with Gasteiger partial charge in [-0.2, -0.15) is 0 Å². The molecule has 1 aliphatic carbocycles. The summed E-state index contributed by atoms with van der Waals surface area (Å²) in [5.41, 5.74) is 0.448. The van der Waals surface area contributed by atoms with E-state index < -0.39 is 0 Å². The van der Waals surface area contributed by atoms with Gasteiger partial charge in [0.1, 0.15) is 0 Å². The van der Waals surface area contributed by atoms with Crippen LogP contribution in [-0.4, -0.2) is 30.9 Å². The van der Waals surface area contributed by atoms with Gasteiger partial charge in [0.2, 0.25) is 0 Å². The molecule has 0 amide bonds. The highest BCUT2D eigenvalue weighted by molar-refractivity contribution is 7.80. The van der Waals surface area contributed by atoms with E-state index in [0.717, 1.165) is 5.11 Å². The number of hydrogen-bond acceptors (Lipinski definition) is 2. The zero-order chi connectivity index (χ0) is 12.9. The minimum atomic E-state index is 0.261. The van der Waals surface area contributed by atoms with Crippen molar-refractivity contribution in [3.8, 4) is 0 Å². The number of rotatable bonds is 4. The van der Waals surface area contributed by atoms with Gasteiger partial charge >= 0.3 is 0 Å². The van der Waals surface area contributed by atoms with Gasteiger partial charge in [-0.3, -0.25) is 0 Å². The molecule has 1 fully saturated rings. The molecule has 0 saturated heterocycles. The van der Waals surface area contributed by atoms with Crippen molar-refractivity contribution >= 4 is 17.3 Å². The van der Waals surface area contributed by atoms with E-state index in [9.17, 15) is 0 Å². The van der Waals surface area contributed by atoms with Gasteiger partial charge in [-0.1, -0.05) is 20.3 Å². The summed E-state index contributed by atoms with van der Waals surface area (Å²) in [6.45, 7) is 7.43. The van der Waals surface area contributed by atoms with Crippen LogP contribution in [0.1, 0.15) is 46.5 Å². The summed E-state index contributed by atoms with van der Waals surface area (Å²) in [7, 11) is 1.71. The number of methoxy groups -OCH3 is 1. The molecule has 0 aromatic heterocycles. The summed E-state index contributed by atoms with van der Waals surface area (Å²) in [5.74, 6) is 0. The first-order chi connectivity index (χ1) is 7.93. The second-order valence-corrected chi connectivity index (χ2v) is 6.34. The van der Waals surface area contributed by atoms with E-state index in [2.05, 4.69) is 31.4 Å². The molecule has 0 heterocycles. The third kappa shape index (κ3) is 5.68. The van der Waals surface area contributed by atoms with Gasteiger partial charge in [0.15, 0.2) is 5.11 Å². The Morgan fingerprint density at radius 2 is 2.24 bits per heavy atom. The number of hydrogen-bond donors (Lipinski definition) is 2. The first-order valence-electron chi connectivity index (χ1n) is 6.49. The summed E-state index contributed by atoms with van der Waals surface area (Å²) < 4.78 is 5.08. The van der Waals surface area contributed by atoms with E-state index in [1.165, 1.54) is 25.7 Å². The molecule has 17 heavy (non-hydrogen) atoms. The molecule has 1 saturated carbocycles. The van der Waals surface area contributed by atoms with Crippen LogP contribution in [0.4, 0.5) is 0 Å². The Kier molecular flexibility index (Phi) is 5.67. The SMILES string of the molecule is COCC(C)NC(=S)NC1CCCC(C)(C)C1. The molecule has 2 N–H and O–H groups in total. The number of nitrogens with one attached hydrogen (secondary N) is 2. The second-order valence-electron chi connectivity index (χ2n) is 5.93. The summed E-state index contributed by atoms with van der Waals surface area (Å²) in [6, 6.07) is 0.782. The van der Waals surface area contributed by atoms with Crippen LogP contribution in [0.2, 0.25) is 0 Å². The monoisotopic (exact) mass is 258 g/mol. The predicted octanol–water partition coefficient (Wildman–Crippen LogP) is 2.45. The second kappa shape index (κ2) is 6.55. The Morgan fingerprint density at radius 1 is 1.53 bits per heavy atom. The first-order valence-corrected chi connectivity index (χ1v) is 6.90. The van der Waals surface area contributed by atoms with Gasteiger partial charge < -0.3 is 15.4 Å². The minimum Gasteiger partial charge on any atom is -0.383 e. The maximum atomic E-state index is 5.32. The molecule has 0 aromatic rings. The van der Waals surface area contributed by atoms with Crippen LogP contribution in [0.15, 0.2) is 0 Å². The van der Waals surface area contributed by atoms with Gasteiger partial charge in [0.05, 0.1) is 6.61 Å². The van der Waals surface area contributed by atoms with Gasteiger partial charge in [0.25, 0.3) is 0 Å². The Bertz CT molecular complexity index is 256. The molecule has 0 aliphatic heterocycles. The quantitative estimate of drug-likeness (QED) is 0.759. The van der Waals surface area contributed by atoms with Crippen molar-refractivity contribution in [2.75, 3.05) is 13.7 Å². The zero-order valence-electron chi connectivity index (χ0n) is 11.5. The first kappa shape index (κ1) is 14.7. The minimum absolute atomic E-state index is 0.261. The van der Waals surface area contributed by atoms with E-state index >= 15 is 0 Å². The van der Waals surface area contributed by atoms with Gasteiger partial charge in [-0.25, -0.2) is 0 Å². The molecule has 1 rings (SSSR count). The fourth-order valence-corrected chi connectivity index (χ4v) is 2.93. The molecule has 100 valence electrons. The molecular weight excluding hydrogens is 232 g/mol. The standard InChI is InChI=1S/C13H26N2OS/c1-10(9-16-4)14-12(17)15-11-6-5-7-13(2,3)8-11/h10-11H,5-9H2,1-4H3,(H2,14,15,17). The summed E-state index contributed by atoms with van der Waals surface area (Å²) in [6.07, 6.45) is 5.05. The molecule has 0 bridgehead atoms. The molecule has 4 heteroatoms. The van der Waals surface area contributed by atoms with Crippen molar-refractivity contribution in [2.45, 2.75) is 58.5 Å². The maximum absolute atomic E-state index is 5.32. The lowest BCUT2D eigenvalue weighted by atomic mass is 9.75. The zero-order valence-corrected chi connectivity index (χ0v) is 12.3. The predicted molar refractivity (Wildman–Crippen MR) is 76.2 cm³/mol. The lowest BCUT2D eigenvalue weighted by molar-refractivity contribution is 0.178. The van der Waals surface area contributed by atoms with Crippen LogP contribution < -0.4 is 10.6 Å². The fraction of sp³-hybridized carbons (Fsp3) is 0.923. The van der Waals surface area contributed by atoms with Crippen molar-refractivity contribution < 1.29 is 4.74 Å². The molecule has 0 aromatic carbocycles. The van der Waals surface area contributed by atoms with E-state index in [4.69, 9.17) is 17.0 Å². The number of ether oxygens (including phenoxy) is 1. The van der Waals surface area contributed by atoms with Crippen LogP contribution >= 0.6 is 12.2 Å². The maximum Gasteiger partial charge on any atom is 0.166 e. The Hall–Kier alpha value is -0.350. The molecule has 1 aliphatic rings. The molecule has 3 nitrogen and oxygen atoms in total. The van der Waals surface area contributed by atoms with Gasteiger partial charge in [-0.15, -0.1) is 0 Å². The molecule has 0 spiro atoms. The topological polar surface area (TPSA) is 33.3 Å². The third-order valence-corrected chi connectivity index (χ3v) is 3.57. The average Bonchev–Trinajstić information content (AvgIpc) is 2.15. The van der Waals surface area contributed by atoms with Crippen molar-refractivity contribution in [1.82, 2.24) is 10.6 Å². The van der Waals surface area contributed by atoms with E-state index in [-0.39, 0.29) is 6.04 Å². The fourth-order valence-electron chi connectivity index (χ4n) is 2.56. The Labute approximate surface area is 111 Å². The Balaban J connectivity index is 2.31. The van der Waals surface area contributed by atoms with Crippen molar-refractivity contribution in [3.63, 3.8) is 0 Å². The van der Waals surface area contributed by atoms with Crippen LogP contribution in [0, 0.1) is 5.41 Å². The van der Waals surface area contributed by atoms with Crippen molar-refractivity contribution in [2.24, 2.45) is 5.41 Å². The van der Waals surface area contributed by atoms with Crippen LogP contribution in [-0.2, 0) is 4.74 Å². The lowest BCUT2D eigenvalue weighted by Gasteiger charge is -2.36. The summed E-state index contributed by atoms with van der Waals surface area (Å²) in [4.78, 5) is 0. The van der Waals surface area contributed by atoms with Gasteiger partial charge in [-0.05, 0) is 43.8 Å². The Morgan fingerprint density at radius 3 is 2.82 bits per heavy atom.